The van der Waals surface area contributed by atoms with Crippen LogP contribution in [0.3, 0.4) is 0 Å². The molecule has 22 heavy (non-hydrogen) atoms. The van der Waals surface area contributed by atoms with E-state index in [-0.39, 0.29) is 12.6 Å². The van der Waals surface area contributed by atoms with Crippen LogP contribution in [0, 0.1) is 5.92 Å². The third-order valence-corrected chi connectivity index (χ3v) is 4.10. The molecule has 1 aliphatic carbocycles. The fraction of sp³-hybridized carbons (Fsp3) is 0.500. The van der Waals surface area contributed by atoms with E-state index >= 15 is 0 Å². The van der Waals surface area contributed by atoms with E-state index in [0.717, 1.165) is 5.56 Å². The number of carbonyl (C=O) groups is 1. The van der Waals surface area contributed by atoms with Crippen LogP contribution in [0.2, 0.25) is 0 Å². The van der Waals surface area contributed by atoms with E-state index in [1.807, 2.05) is 30.3 Å². The summed E-state index contributed by atoms with van der Waals surface area (Å²) in [5, 5.41) is 12.0. The largest absolute Gasteiger partial charge is 0.395 e. The number of amides is 2. The molecular formula is C18H26N2O2. The molecule has 1 saturated carbocycles. The average Bonchev–Trinajstić information content (AvgIpc) is 2.56. The molecule has 120 valence electrons. The maximum Gasteiger partial charge on any atom is 0.321 e. The highest BCUT2D eigenvalue weighted by Gasteiger charge is 2.13. The van der Waals surface area contributed by atoms with E-state index < -0.39 is 0 Å². The lowest BCUT2D eigenvalue weighted by atomic mass is 9.89. The van der Waals surface area contributed by atoms with Gasteiger partial charge in [0.1, 0.15) is 0 Å². The highest BCUT2D eigenvalue weighted by molar-refractivity contribution is 5.75. The predicted molar refractivity (Wildman–Crippen MR) is 88.2 cm³/mol. The molecule has 1 aromatic carbocycles. The molecule has 2 N–H and O–H groups in total. The van der Waals surface area contributed by atoms with Gasteiger partial charge in [-0.2, -0.15) is 0 Å². The molecule has 0 aromatic heterocycles. The Morgan fingerprint density at radius 2 is 1.95 bits per heavy atom. The number of aliphatic hydroxyl groups excluding tert-OH is 1. The normalized spacial score (nSPS) is 15.9. The number of benzene rings is 1. The first-order valence-corrected chi connectivity index (χ1v) is 8.16. The summed E-state index contributed by atoms with van der Waals surface area (Å²) >= 11 is 0. The lowest BCUT2D eigenvalue weighted by molar-refractivity contribution is 0.177. The molecule has 2 rings (SSSR count). The van der Waals surface area contributed by atoms with Gasteiger partial charge in [0, 0.05) is 19.3 Å². The molecular weight excluding hydrogens is 276 g/mol. The molecule has 4 heteroatoms. The molecule has 1 aliphatic rings. The van der Waals surface area contributed by atoms with E-state index in [1.54, 1.807) is 11.1 Å². The second-order valence-electron chi connectivity index (χ2n) is 5.84. The van der Waals surface area contributed by atoms with Crippen LogP contribution in [-0.2, 0) is 6.54 Å². The van der Waals surface area contributed by atoms with Crippen molar-refractivity contribution in [3.8, 4) is 0 Å². The van der Waals surface area contributed by atoms with Gasteiger partial charge in [-0.05, 0) is 24.3 Å². The third kappa shape index (κ3) is 5.53. The van der Waals surface area contributed by atoms with Gasteiger partial charge in [0.05, 0.1) is 6.61 Å². The van der Waals surface area contributed by atoms with E-state index in [1.165, 1.54) is 32.1 Å². The minimum absolute atomic E-state index is 0.0351. The Kier molecular flexibility index (Phi) is 6.97. The molecule has 1 fully saturated rings. The van der Waals surface area contributed by atoms with E-state index in [9.17, 15) is 4.79 Å². The molecule has 0 aliphatic heterocycles. The Morgan fingerprint density at radius 1 is 1.23 bits per heavy atom. The fourth-order valence-corrected chi connectivity index (χ4v) is 2.85. The minimum Gasteiger partial charge on any atom is -0.395 e. The topological polar surface area (TPSA) is 52.6 Å². The summed E-state index contributed by atoms with van der Waals surface area (Å²) in [6.45, 7) is 0.801. The zero-order valence-corrected chi connectivity index (χ0v) is 13.1. The second kappa shape index (κ2) is 9.26. The van der Waals surface area contributed by atoms with Gasteiger partial charge < -0.3 is 15.3 Å². The molecule has 0 saturated heterocycles. The number of nitrogens with zero attached hydrogens (tertiary/aromatic N) is 1. The van der Waals surface area contributed by atoms with Gasteiger partial charge in [0.2, 0.25) is 0 Å². The molecule has 0 radical (unpaired) electrons. The van der Waals surface area contributed by atoms with Crippen LogP contribution in [0.1, 0.15) is 37.7 Å². The standard InChI is InChI=1S/C18H26N2O2/c21-14-13-20(15-17-9-5-2-6-10-17)18(22)19-12-11-16-7-3-1-4-8-16/h2,5-6,9-12,16,21H,1,3-4,7-8,13-15H2,(H,19,22)/b12-11+. The van der Waals surface area contributed by atoms with Gasteiger partial charge in [-0.3, -0.25) is 0 Å². The molecule has 4 nitrogen and oxygen atoms in total. The van der Waals surface area contributed by atoms with Crippen LogP contribution in [0.25, 0.3) is 0 Å². The zero-order chi connectivity index (χ0) is 15.6. The summed E-state index contributed by atoms with van der Waals surface area (Å²) in [5.74, 6) is 0.592. The predicted octanol–water partition coefficient (Wildman–Crippen LogP) is 3.28. The van der Waals surface area contributed by atoms with Crippen LogP contribution in [-0.4, -0.2) is 29.2 Å². The molecule has 1 aromatic rings. The summed E-state index contributed by atoms with van der Waals surface area (Å²) in [5.41, 5.74) is 1.06. The lowest BCUT2D eigenvalue weighted by Crippen LogP contribution is -2.39. The Bertz CT molecular complexity index is 467. The van der Waals surface area contributed by atoms with Crippen molar-refractivity contribution < 1.29 is 9.90 Å². The van der Waals surface area contributed by atoms with E-state index in [0.29, 0.717) is 19.0 Å². The SMILES string of the molecule is O=C(N/C=C/C1CCCCC1)N(CCO)Cc1ccccc1. The van der Waals surface area contributed by atoms with Crippen molar-refractivity contribution in [3.63, 3.8) is 0 Å². The Balaban J connectivity index is 1.84. The van der Waals surface area contributed by atoms with Crippen LogP contribution in [0.15, 0.2) is 42.6 Å². The summed E-state index contributed by atoms with van der Waals surface area (Å²) < 4.78 is 0. The summed E-state index contributed by atoms with van der Waals surface area (Å²) in [4.78, 5) is 13.9. The van der Waals surface area contributed by atoms with Gasteiger partial charge in [0.25, 0.3) is 0 Å². The first-order valence-electron chi connectivity index (χ1n) is 8.16. The number of carbonyl (C=O) groups excluding carboxylic acids is 1. The van der Waals surface area contributed by atoms with Crippen LogP contribution in [0.4, 0.5) is 4.79 Å². The van der Waals surface area contributed by atoms with E-state index in [4.69, 9.17) is 5.11 Å². The van der Waals surface area contributed by atoms with Gasteiger partial charge in [0.15, 0.2) is 0 Å². The monoisotopic (exact) mass is 302 g/mol. The number of aliphatic hydroxyl groups is 1. The van der Waals surface area contributed by atoms with Crippen molar-refractivity contribution >= 4 is 6.03 Å². The lowest BCUT2D eigenvalue weighted by Gasteiger charge is -2.22. The number of hydrogen-bond donors (Lipinski definition) is 2. The molecule has 0 bridgehead atoms. The maximum absolute atomic E-state index is 12.2. The Hall–Kier alpha value is -1.81. The zero-order valence-electron chi connectivity index (χ0n) is 13.1. The smallest absolute Gasteiger partial charge is 0.321 e. The molecule has 0 atom stereocenters. The first-order chi connectivity index (χ1) is 10.8. The Morgan fingerprint density at radius 3 is 2.64 bits per heavy atom. The molecule has 0 spiro atoms. The van der Waals surface area contributed by atoms with Crippen molar-refractivity contribution in [2.24, 2.45) is 5.92 Å². The van der Waals surface area contributed by atoms with Gasteiger partial charge in [-0.15, -0.1) is 0 Å². The average molecular weight is 302 g/mol. The summed E-state index contributed by atoms with van der Waals surface area (Å²) in [6, 6.07) is 9.66. The van der Waals surface area contributed by atoms with Crippen molar-refractivity contribution in [3.05, 3.63) is 48.2 Å². The number of hydrogen-bond acceptors (Lipinski definition) is 2. The van der Waals surface area contributed by atoms with Crippen molar-refractivity contribution in [2.45, 2.75) is 38.6 Å². The number of nitrogens with one attached hydrogen (secondary N) is 1. The van der Waals surface area contributed by atoms with Crippen LogP contribution in [0.5, 0.6) is 0 Å². The summed E-state index contributed by atoms with van der Waals surface area (Å²) in [7, 11) is 0. The highest BCUT2D eigenvalue weighted by Crippen LogP contribution is 2.24. The quantitative estimate of drug-likeness (QED) is 0.847. The molecule has 0 heterocycles. The number of urea groups is 1. The van der Waals surface area contributed by atoms with Crippen LogP contribution < -0.4 is 5.32 Å². The maximum atomic E-state index is 12.2. The number of allylic oxidation sites excluding steroid dienone is 1. The minimum atomic E-state index is -0.162. The van der Waals surface area contributed by atoms with Crippen molar-refractivity contribution in [2.75, 3.05) is 13.2 Å². The highest BCUT2D eigenvalue weighted by atomic mass is 16.3. The Labute approximate surface area is 132 Å². The van der Waals surface area contributed by atoms with Crippen molar-refractivity contribution in [1.29, 1.82) is 0 Å². The fourth-order valence-electron chi connectivity index (χ4n) is 2.85. The van der Waals surface area contributed by atoms with Crippen LogP contribution >= 0.6 is 0 Å². The molecule has 2 amide bonds. The van der Waals surface area contributed by atoms with Crippen molar-refractivity contribution in [1.82, 2.24) is 10.2 Å². The summed E-state index contributed by atoms with van der Waals surface area (Å²) in [6.07, 6.45) is 10.2. The third-order valence-electron chi connectivity index (χ3n) is 4.10. The molecule has 0 unspecified atom stereocenters. The van der Waals surface area contributed by atoms with Gasteiger partial charge in [-0.1, -0.05) is 55.7 Å². The second-order valence-corrected chi connectivity index (χ2v) is 5.84. The first kappa shape index (κ1) is 16.6. The number of rotatable bonds is 6. The van der Waals surface area contributed by atoms with Gasteiger partial charge >= 0.3 is 6.03 Å². The van der Waals surface area contributed by atoms with E-state index in [2.05, 4.69) is 11.4 Å². The van der Waals surface area contributed by atoms with Gasteiger partial charge in [-0.25, -0.2) is 4.79 Å².